The minimum Gasteiger partial charge on any atom is -0.227 e. The summed E-state index contributed by atoms with van der Waals surface area (Å²) in [4.78, 5) is 4.64. The zero-order valence-corrected chi connectivity index (χ0v) is 13.6. The fraction of sp³-hybridized carbons (Fsp3) is 0.294. The normalized spacial score (nSPS) is 12.0. The summed E-state index contributed by atoms with van der Waals surface area (Å²) < 4.78 is 1.85. The van der Waals surface area contributed by atoms with E-state index in [1.165, 1.54) is 5.56 Å². The van der Waals surface area contributed by atoms with Crippen LogP contribution in [-0.2, 0) is 5.41 Å². The topological polar surface area (TPSA) is 30.2 Å². The molecule has 0 radical (unpaired) electrons. The fourth-order valence-corrected chi connectivity index (χ4v) is 2.63. The standard InChI is InChI=1S/C17H19N3S/c1-17(2,3)13-7-5-12(6-8-13)14-11-20-15(18-14)9-10-16(19-20)21-4/h5-11H,1-4H3. The van der Waals surface area contributed by atoms with Gasteiger partial charge in [-0.3, -0.25) is 0 Å². The summed E-state index contributed by atoms with van der Waals surface area (Å²) in [5, 5.41) is 5.51. The van der Waals surface area contributed by atoms with E-state index in [0.29, 0.717) is 0 Å². The molecule has 0 unspecified atom stereocenters. The quantitative estimate of drug-likeness (QED) is 0.656. The molecule has 0 aliphatic heterocycles. The smallest absolute Gasteiger partial charge is 0.154 e. The molecule has 0 amide bonds. The van der Waals surface area contributed by atoms with Gasteiger partial charge in [-0.1, -0.05) is 45.0 Å². The number of imidazole rings is 1. The van der Waals surface area contributed by atoms with Gasteiger partial charge in [0.2, 0.25) is 0 Å². The van der Waals surface area contributed by atoms with E-state index < -0.39 is 0 Å². The monoisotopic (exact) mass is 297 g/mol. The van der Waals surface area contributed by atoms with Crippen LogP contribution in [-0.4, -0.2) is 20.9 Å². The largest absolute Gasteiger partial charge is 0.227 e. The highest BCUT2D eigenvalue weighted by Gasteiger charge is 2.13. The first-order valence-electron chi connectivity index (χ1n) is 6.99. The van der Waals surface area contributed by atoms with Gasteiger partial charge in [0.15, 0.2) is 5.65 Å². The van der Waals surface area contributed by atoms with Crippen LogP contribution in [0.3, 0.4) is 0 Å². The molecule has 108 valence electrons. The van der Waals surface area contributed by atoms with E-state index in [1.807, 2.05) is 29.1 Å². The highest BCUT2D eigenvalue weighted by Crippen LogP contribution is 2.26. The van der Waals surface area contributed by atoms with Gasteiger partial charge >= 0.3 is 0 Å². The third-order valence-corrected chi connectivity index (χ3v) is 4.19. The highest BCUT2D eigenvalue weighted by atomic mass is 32.2. The van der Waals surface area contributed by atoms with E-state index in [1.54, 1.807) is 11.8 Å². The van der Waals surface area contributed by atoms with E-state index in [9.17, 15) is 0 Å². The van der Waals surface area contributed by atoms with Gasteiger partial charge in [-0.25, -0.2) is 9.50 Å². The van der Waals surface area contributed by atoms with Crippen LogP contribution < -0.4 is 0 Å². The molecular weight excluding hydrogens is 278 g/mol. The molecule has 0 N–H and O–H groups in total. The van der Waals surface area contributed by atoms with Gasteiger partial charge in [-0.05, 0) is 29.4 Å². The molecule has 0 saturated heterocycles. The van der Waals surface area contributed by atoms with E-state index in [-0.39, 0.29) is 5.41 Å². The molecule has 0 fully saturated rings. The second-order valence-corrected chi connectivity index (χ2v) is 6.96. The summed E-state index contributed by atoms with van der Waals surface area (Å²) in [7, 11) is 0. The Hall–Kier alpha value is -1.81. The molecule has 3 rings (SSSR count). The molecule has 0 atom stereocenters. The summed E-state index contributed by atoms with van der Waals surface area (Å²) in [5.41, 5.74) is 4.47. The van der Waals surface area contributed by atoms with Gasteiger partial charge in [0.05, 0.1) is 11.9 Å². The SMILES string of the molecule is CSc1ccc2nc(-c3ccc(C(C)(C)C)cc3)cn2n1. The average molecular weight is 297 g/mol. The first-order chi connectivity index (χ1) is 9.97. The summed E-state index contributed by atoms with van der Waals surface area (Å²) in [6.45, 7) is 6.67. The summed E-state index contributed by atoms with van der Waals surface area (Å²) in [6.07, 6.45) is 4.01. The maximum atomic E-state index is 4.64. The molecule has 1 aromatic carbocycles. The lowest BCUT2D eigenvalue weighted by Gasteiger charge is -2.18. The fourth-order valence-electron chi connectivity index (χ4n) is 2.25. The van der Waals surface area contributed by atoms with Gasteiger partial charge in [0.25, 0.3) is 0 Å². The highest BCUT2D eigenvalue weighted by molar-refractivity contribution is 7.98. The number of nitrogens with zero attached hydrogens (tertiary/aromatic N) is 3. The van der Waals surface area contributed by atoms with E-state index in [0.717, 1.165) is 21.9 Å². The first-order valence-corrected chi connectivity index (χ1v) is 8.21. The second kappa shape index (κ2) is 5.19. The second-order valence-electron chi connectivity index (χ2n) is 6.13. The van der Waals surface area contributed by atoms with Crippen molar-refractivity contribution in [3.8, 4) is 11.3 Å². The molecule has 21 heavy (non-hydrogen) atoms. The van der Waals surface area contributed by atoms with Crippen LogP contribution in [0.1, 0.15) is 26.3 Å². The lowest BCUT2D eigenvalue weighted by molar-refractivity contribution is 0.590. The van der Waals surface area contributed by atoms with Crippen LogP contribution in [0, 0.1) is 0 Å². The van der Waals surface area contributed by atoms with Crippen molar-refractivity contribution in [3.63, 3.8) is 0 Å². The summed E-state index contributed by atoms with van der Waals surface area (Å²) in [5.74, 6) is 0. The predicted molar refractivity (Wildman–Crippen MR) is 88.9 cm³/mol. The van der Waals surface area contributed by atoms with Crippen molar-refractivity contribution in [1.82, 2.24) is 14.6 Å². The molecule has 0 aliphatic rings. The summed E-state index contributed by atoms with van der Waals surface area (Å²) >= 11 is 1.63. The number of hydrogen-bond donors (Lipinski definition) is 0. The van der Waals surface area contributed by atoms with Gasteiger partial charge in [0.1, 0.15) is 5.03 Å². The van der Waals surface area contributed by atoms with Crippen LogP contribution in [0.4, 0.5) is 0 Å². The van der Waals surface area contributed by atoms with Gasteiger partial charge < -0.3 is 0 Å². The Labute approximate surface area is 129 Å². The van der Waals surface area contributed by atoms with Gasteiger partial charge in [-0.2, -0.15) is 5.10 Å². The summed E-state index contributed by atoms with van der Waals surface area (Å²) in [6, 6.07) is 12.6. The predicted octanol–water partition coefficient (Wildman–Crippen LogP) is 4.42. The maximum Gasteiger partial charge on any atom is 0.154 e. The Balaban J connectivity index is 2.00. The minimum atomic E-state index is 0.173. The van der Waals surface area contributed by atoms with Crippen LogP contribution >= 0.6 is 11.8 Å². The van der Waals surface area contributed by atoms with Crippen molar-refractivity contribution in [3.05, 3.63) is 48.2 Å². The Kier molecular flexibility index (Phi) is 3.49. The number of aromatic nitrogens is 3. The molecule has 0 spiro atoms. The van der Waals surface area contributed by atoms with Crippen molar-refractivity contribution >= 4 is 17.4 Å². The number of fused-ring (bicyclic) bond motifs is 1. The molecule has 4 heteroatoms. The molecule has 0 saturated carbocycles. The molecule has 0 bridgehead atoms. The van der Waals surface area contributed by atoms with E-state index in [2.05, 4.69) is 55.1 Å². The molecular formula is C17H19N3S. The van der Waals surface area contributed by atoms with E-state index >= 15 is 0 Å². The zero-order valence-electron chi connectivity index (χ0n) is 12.8. The number of benzene rings is 1. The van der Waals surface area contributed by atoms with Crippen molar-refractivity contribution in [1.29, 1.82) is 0 Å². The van der Waals surface area contributed by atoms with Crippen molar-refractivity contribution < 1.29 is 0 Å². The van der Waals surface area contributed by atoms with Crippen LogP contribution in [0.25, 0.3) is 16.9 Å². The Morgan fingerprint density at radius 1 is 1.00 bits per heavy atom. The van der Waals surface area contributed by atoms with E-state index in [4.69, 9.17) is 0 Å². The zero-order chi connectivity index (χ0) is 15.0. The van der Waals surface area contributed by atoms with Crippen molar-refractivity contribution in [2.75, 3.05) is 6.26 Å². The molecule has 3 nitrogen and oxygen atoms in total. The maximum absolute atomic E-state index is 4.64. The van der Waals surface area contributed by atoms with Crippen LogP contribution in [0.2, 0.25) is 0 Å². The van der Waals surface area contributed by atoms with Crippen LogP contribution in [0.5, 0.6) is 0 Å². The lowest BCUT2D eigenvalue weighted by Crippen LogP contribution is -2.10. The first kappa shape index (κ1) is 14.1. The molecule has 2 aromatic heterocycles. The third kappa shape index (κ3) is 2.81. The van der Waals surface area contributed by atoms with Crippen LogP contribution in [0.15, 0.2) is 47.6 Å². The number of hydrogen-bond acceptors (Lipinski definition) is 3. The Morgan fingerprint density at radius 3 is 2.33 bits per heavy atom. The minimum absolute atomic E-state index is 0.173. The molecule has 0 aliphatic carbocycles. The van der Waals surface area contributed by atoms with Crippen molar-refractivity contribution in [2.24, 2.45) is 0 Å². The Bertz CT molecular complexity index is 767. The van der Waals surface area contributed by atoms with Gasteiger partial charge in [-0.15, -0.1) is 11.8 Å². The number of rotatable bonds is 2. The molecule has 3 aromatic rings. The average Bonchev–Trinajstić information content (AvgIpc) is 2.89. The third-order valence-electron chi connectivity index (χ3n) is 3.55. The lowest BCUT2D eigenvalue weighted by atomic mass is 9.86. The Morgan fingerprint density at radius 2 is 1.71 bits per heavy atom. The molecule has 2 heterocycles. The number of thioether (sulfide) groups is 1. The van der Waals surface area contributed by atoms with Gasteiger partial charge in [0, 0.05) is 5.56 Å². The van der Waals surface area contributed by atoms with Crippen molar-refractivity contribution in [2.45, 2.75) is 31.2 Å².